The van der Waals surface area contributed by atoms with Crippen LogP contribution in [0.1, 0.15) is 15.9 Å². The first-order valence-corrected chi connectivity index (χ1v) is 9.95. The number of hydrogen-bond acceptors (Lipinski definition) is 5. The van der Waals surface area contributed by atoms with Crippen molar-refractivity contribution in [2.45, 2.75) is 0 Å². The van der Waals surface area contributed by atoms with E-state index in [-0.39, 0.29) is 6.61 Å². The van der Waals surface area contributed by atoms with Gasteiger partial charge < -0.3 is 9.47 Å². The van der Waals surface area contributed by atoms with E-state index in [0.29, 0.717) is 22.1 Å². The lowest BCUT2D eigenvalue weighted by molar-refractivity contribution is -0.123. The third-order valence-electron chi connectivity index (χ3n) is 3.76. The summed E-state index contributed by atoms with van der Waals surface area (Å²) in [5, 5.41) is 4.46. The zero-order valence-electron chi connectivity index (χ0n) is 15.5. The molecule has 1 amide bonds. The summed E-state index contributed by atoms with van der Waals surface area (Å²) in [4.78, 5) is 23.9. The van der Waals surface area contributed by atoms with Gasteiger partial charge in [-0.3, -0.25) is 4.79 Å². The normalized spacial score (nSPS) is 10.6. The molecule has 0 aliphatic carbocycles. The molecule has 0 fully saturated rings. The molecule has 8 heteroatoms. The number of amides is 1. The van der Waals surface area contributed by atoms with Crippen LogP contribution in [0.25, 0.3) is 0 Å². The highest BCUT2D eigenvalue weighted by molar-refractivity contribution is 9.10. The van der Waals surface area contributed by atoms with Gasteiger partial charge in [0.2, 0.25) is 0 Å². The second-order valence-corrected chi connectivity index (χ2v) is 7.35. The van der Waals surface area contributed by atoms with Crippen LogP contribution in [0.2, 0.25) is 5.02 Å². The summed E-state index contributed by atoms with van der Waals surface area (Å²) in [7, 11) is 0. The third-order valence-corrected chi connectivity index (χ3v) is 4.54. The van der Waals surface area contributed by atoms with E-state index in [4.69, 9.17) is 21.1 Å². The summed E-state index contributed by atoms with van der Waals surface area (Å²) in [5.41, 5.74) is 3.55. The number of halogens is 2. The maximum atomic E-state index is 12.1. The molecule has 3 rings (SSSR count). The molecule has 0 aliphatic heterocycles. The molecule has 0 aromatic heterocycles. The molecule has 0 bridgehead atoms. The molecule has 0 spiro atoms. The van der Waals surface area contributed by atoms with E-state index in [2.05, 4.69) is 26.5 Å². The summed E-state index contributed by atoms with van der Waals surface area (Å²) >= 11 is 9.11. The Balaban J connectivity index is 1.45. The van der Waals surface area contributed by atoms with Crippen LogP contribution in [0.4, 0.5) is 0 Å². The average Bonchev–Trinajstić information content (AvgIpc) is 2.75. The Morgan fingerprint density at radius 1 is 0.933 bits per heavy atom. The van der Waals surface area contributed by atoms with Crippen LogP contribution in [0.3, 0.4) is 0 Å². The number of ether oxygens (including phenoxy) is 2. The minimum atomic E-state index is -0.447. The number of rotatable bonds is 7. The van der Waals surface area contributed by atoms with Crippen molar-refractivity contribution in [3.05, 3.63) is 93.4 Å². The standard InChI is InChI=1S/C22H16BrClN2O4/c23-17-5-3-16(4-6-17)22(28)30-20-9-1-15(2-10-20)13-25-26-21(27)14-29-19-11-7-18(24)8-12-19/h1-13H,14H2,(H,26,27)/b25-13-. The van der Waals surface area contributed by atoms with Crippen molar-refractivity contribution in [2.75, 3.05) is 6.61 Å². The molecule has 0 atom stereocenters. The smallest absolute Gasteiger partial charge is 0.343 e. The number of nitrogens with one attached hydrogen (secondary N) is 1. The van der Waals surface area contributed by atoms with Crippen LogP contribution in [0.5, 0.6) is 11.5 Å². The molecule has 6 nitrogen and oxygen atoms in total. The first-order chi connectivity index (χ1) is 14.5. The summed E-state index contributed by atoms with van der Waals surface area (Å²) in [6.07, 6.45) is 1.47. The van der Waals surface area contributed by atoms with E-state index < -0.39 is 11.9 Å². The highest BCUT2D eigenvalue weighted by atomic mass is 79.9. The summed E-state index contributed by atoms with van der Waals surface area (Å²) < 4.78 is 11.5. The van der Waals surface area contributed by atoms with Crippen molar-refractivity contribution in [1.82, 2.24) is 5.43 Å². The molecular weight excluding hydrogens is 472 g/mol. The van der Waals surface area contributed by atoms with Crippen molar-refractivity contribution in [3.8, 4) is 11.5 Å². The number of hydrogen-bond donors (Lipinski definition) is 1. The van der Waals surface area contributed by atoms with E-state index >= 15 is 0 Å². The Kier molecular flexibility index (Phi) is 7.59. The number of carbonyl (C=O) groups excluding carboxylic acids is 2. The predicted octanol–water partition coefficient (Wildman–Crippen LogP) is 4.85. The van der Waals surface area contributed by atoms with Crippen LogP contribution < -0.4 is 14.9 Å². The van der Waals surface area contributed by atoms with Crippen molar-refractivity contribution >= 4 is 45.6 Å². The van der Waals surface area contributed by atoms with E-state index in [9.17, 15) is 9.59 Å². The van der Waals surface area contributed by atoms with Crippen LogP contribution in [0.15, 0.2) is 82.4 Å². The molecule has 0 aliphatic rings. The van der Waals surface area contributed by atoms with E-state index in [1.54, 1.807) is 72.8 Å². The van der Waals surface area contributed by atoms with E-state index in [1.165, 1.54) is 6.21 Å². The molecule has 0 saturated heterocycles. The molecule has 30 heavy (non-hydrogen) atoms. The lowest BCUT2D eigenvalue weighted by Crippen LogP contribution is -2.24. The van der Waals surface area contributed by atoms with Gasteiger partial charge in [-0.15, -0.1) is 0 Å². The number of hydrazone groups is 1. The van der Waals surface area contributed by atoms with Gasteiger partial charge in [0.15, 0.2) is 6.61 Å². The quantitative estimate of drug-likeness (QED) is 0.224. The van der Waals surface area contributed by atoms with E-state index in [1.807, 2.05) is 0 Å². The molecule has 3 aromatic carbocycles. The van der Waals surface area contributed by atoms with Gasteiger partial charge in [-0.25, -0.2) is 10.2 Å². The van der Waals surface area contributed by atoms with Crippen LogP contribution in [0, 0.1) is 0 Å². The van der Waals surface area contributed by atoms with Crippen molar-refractivity contribution < 1.29 is 19.1 Å². The van der Waals surface area contributed by atoms with Gasteiger partial charge in [-0.2, -0.15) is 5.10 Å². The third kappa shape index (κ3) is 6.72. The minimum Gasteiger partial charge on any atom is -0.484 e. The number of benzene rings is 3. The molecule has 152 valence electrons. The fraction of sp³-hybridized carbons (Fsp3) is 0.0455. The molecule has 0 radical (unpaired) electrons. The highest BCUT2D eigenvalue weighted by Gasteiger charge is 2.08. The highest BCUT2D eigenvalue weighted by Crippen LogP contribution is 2.16. The Bertz CT molecular complexity index is 1040. The van der Waals surface area contributed by atoms with Gasteiger partial charge in [0.05, 0.1) is 11.8 Å². The topological polar surface area (TPSA) is 77.0 Å². The van der Waals surface area contributed by atoms with Crippen LogP contribution >= 0.6 is 27.5 Å². The maximum Gasteiger partial charge on any atom is 0.343 e. The van der Waals surface area contributed by atoms with Crippen LogP contribution in [-0.4, -0.2) is 24.7 Å². The van der Waals surface area contributed by atoms with Gasteiger partial charge >= 0.3 is 5.97 Å². The summed E-state index contributed by atoms with van der Waals surface area (Å²) in [5.74, 6) is 0.0883. The average molecular weight is 488 g/mol. The minimum absolute atomic E-state index is 0.177. The lowest BCUT2D eigenvalue weighted by Gasteiger charge is -2.05. The van der Waals surface area contributed by atoms with Gasteiger partial charge in [-0.05, 0) is 78.4 Å². The second kappa shape index (κ2) is 10.6. The fourth-order valence-electron chi connectivity index (χ4n) is 2.26. The van der Waals surface area contributed by atoms with Crippen molar-refractivity contribution in [3.63, 3.8) is 0 Å². The van der Waals surface area contributed by atoms with Crippen molar-refractivity contribution in [1.29, 1.82) is 0 Å². The fourth-order valence-corrected chi connectivity index (χ4v) is 2.65. The zero-order chi connectivity index (χ0) is 21.3. The Labute approximate surface area is 186 Å². The molecule has 0 heterocycles. The molecule has 0 unspecified atom stereocenters. The Hall–Kier alpha value is -3.16. The number of nitrogens with zero attached hydrogens (tertiary/aromatic N) is 1. The monoisotopic (exact) mass is 486 g/mol. The van der Waals surface area contributed by atoms with Gasteiger partial charge in [0, 0.05) is 9.50 Å². The molecule has 3 aromatic rings. The first kappa shape index (κ1) is 21.5. The molecule has 1 N–H and O–H groups in total. The van der Waals surface area contributed by atoms with Crippen molar-refractivity contribution in [2.24, 2.45) is 5.10 Å². The van der Waals surface area contributed by atoms with Gasteiger partial charge in [0.1, 0.15) is 11.5 Å². The Morgan fingerprint density at radius 3 is 2.23 bits per heavy atom. The first-order valence-electron chi connectivity index (χ1n) is 8.78. The molecule has 0 saturated carbocycles. The summed E-state index contributed by atoms with van der Waals surface area (Å²) in [6, 6.07) is 20.3. The number of carbonyl (C=O) groups is 2. The van der Waals surface area contributed by atoms with Gasteiger partial charge in [-0.1, -0.05) is 27.5 Å². The van der Waals surface area contributed by atoms with E-state index in [0.717, 1.165) is 10.0 Å². The zero-order valence-corrected chi connectivity index (χ0v) is 17.9. The Morgan fingerprint density at radius 2 is 1.57 bits per heavy atom. The van der Waals surface area contributed by atoms with Gasteiger partial charge in [0.25, 0.3) is 5.91 Å². The maximum absolute atomic E-state index is 12.1. The predicted molar refractivity (Wildman–Crippen MR) is 118 cm³/mol. The van der Waals surface area contributed by atoms with Crippen LogP contribution in [-0.2, 0) is 4.79 Å². The molecular formula is C22H16BrClN2O4. The lowest BCUT2D eigenvalue weighted by atomic mass is 10.2. The SMILES string of the molecule is O=C(COc1ccc(Cl)cc1)N/N=C\c1ccc(OC(=O)c2ccc(Br)cc2)cc1. The second-order valence-electron chi connectivity index (χ2n) is 6.00. The largest absolute Gasteiger partial charge is 0.484 e. The number of esters is 1. The summed E-state index contributed by atoms with van der Waals surface area (Å²) in [6.45, 7) is -0.177.